The molecule has 7 atom stereocenters. The van der Waals surface area contributed by atoms with E-state index < -0.39 is 35.1 Å². The molecule has 12 heteroatoms. The first kappa shape index (κ1) is 35.3. The molecule has 2 aromatic carbocycles. The predicted octanol–water partition coefficient (Wildman–Crippen LogP) is 4.19. The molecule has 266 valence electrons. The van der Waals surface area contributed by atoms with Gasteiger partial charge in [0.05, 0.1) is 42.2 Å². The molecule has 0 radical (unpaired) electrons. The minimum atomic E-state index is -1.29. The monoisotopic (exact) mass is 684 g/mol. The van der Waals surface area contributed by atoms with Crippen LogP contribution < -0.4 is 9.64 Å². The lowest BCUT2D eigenvalue weighted by atomic mass is 9.66. The van der Waals surface area contributed by atoms with Crippen molar-refractivity contribution < 1.29 is 29.0 Å². The van der Waals surface area contributed by atoms with Crippen LogP contribution in [0, 0.1) is 17.8 Å². The van der Waals surface area contributed by atoms with E-state index in [1.165, 1.54) is 0 Å². The van der Waals surface area contributed by atoms with Crippen molar-refractivity contribution >= 4 is 34.4 Å². The topological polar surface area (TPSA) is 130 Å². The Balaban J connectivity index is 1.42. The van der Waals surface area contributed by atoms with Gasteiger partial charge in [-0.3, -0.25) is 14.4 Å². The molecule has 1 N–H and O–H groups in total. The fraction of sp³-hybridized carbons (Fsp3) is 0.500. The summed E-state index contributed by atoms with van der Waals surface area (Å²) in [4.78, 5) is 49.7. The van der Waals surface area contributed by atoms with Gasteiger partial charge in [-0.05, 0) is 69.0 Å². The second-order valence-corrected chi connectivity index (χ2v) is 13.8. The number of ether oxygens (including phenoxy) is 2. The van der Waals surface area contributed by atoms with Crippen molar-refractivity contribution in [3.05, 3.63) is 73.8 Å². The van der Waals surface area contributed by atoms with Gasteiger partial charge in [0, 0.05) is 18.8 Å². The van der Waals surface area contributed by atoms with Crippen molar-refractivity contribution in [1.82, 2.24) is 24.8 Å². The second-order valence-electron chi connectivity index (χ2n) is 13.8. The zero-order valence-corrected chi connectivity index (χ0v) is 29.4. The van der Waals surface area contributed by atoms with Crippen LogP contribution in [0.1, 0.15) is 47.0 Å². The highest BCUT2D eigenvalue weighted by molar-refractivity contribution is 6.03. The lowest BCUT2D eigenvalue weighted by Crippen LogP contribution is -2.60. The van der Waals surface area contributed by atoms with Crippen LogP contribution in [0.4, 0.5) is 5.69 Å². The van der Waals surface area contributed by atoms with Crippen LogP contribution in [0.3, 0.4) is 0 Å². The molecule has 3 aromatic rings. The minimum absolute atomic E-state index is 0.0578. The van der Waals surface area contributed by atoms with Gasteiger partial charge >= 0.3 is 0 Å². The molecular formula is C38H48N6O6. The lowest BCUT2D eigenvalue weighted by Gasteiger charge is -2.41. The molecular weight excluding hydrogens is 636 g/mol. The molecule has 12 nitrogen and oxygen atoms in total. The highest BCUT2D eigenvalue weighted by Crippen LogP contribution is 2.64. The second kappa shape index (κ2) is 14.0. The number of aromatic nitrogens is 3. The first-order valence-corrected chi connectivity index (χ1v) is 17.5. The van der Waals surface area contributed by atoms with Gasteiger partial charge in [-0.1, -0.05) is 49.8 Å². The number of anilines is 1. The maximum Gasteiger partial charge on any atom is 0.250 e. The molecule has 4 heterocycles. The number of hydrogen-bond donors (Lipinski definition) is 1. The SMILES string of the molecule is C=CCN(Cn1nnc2ccccc21)C(=O)C1N([C@@H](CO)[C@@H](C)CC)C(=O)[C@@H]2[C@H](C(=O)N(CC=C)c3ccc(OCC)cc3)[C@]3(C)CCC12O3. The first-order valence-electron chi connectivity index (χ1n) is 17.5. The van der Waals surface area contributed by atoms with Crippen molar-refractivity contribution in [1.29, 1.82) is 0 Å². The van der Waals surface area contributed by atoms with Gasteiger partial charge in [-0.2, -0.15) is 0 Å². The van der Waals surface area contributed by atoms with Crippen LogP contribution in [-0.4, -0.2) is 97.2 Å². The van der Waals surface area contributed by atoms with Gasteiger partial charge in [0.15, 0.2) is 0 Å². The summed E-state index contributed by atoms with van der Waals surface area (Å²) in [5.74, 6) is -2.24. The quantitative estimate of drug-likeness (QED) is 0.236. The fourth-order valence-corrected chi connectivity index (χ4v) is 8.43. The maximum atomic E-state index is 15.1. The van der Waals surface area contributed by atoms with E-state index in [4.69, 9.17) is 9.47 Å². The van der Waals surface area contributed by atoms with Crippen LogP contribution in [0.2, 0.25) is 0 Å². The Morgan fingerprint density at radius 3 is 2.48 bits per heavy atom. The third-order valence-corrected chi connectivity index (χ3v) is 11.0. The third kappa shape index (κ3) is 5.68. The Morgan fingerprint density at radius 2 is 1.82 bits per heavy atom. The van der Waals surface area contributed by atoms with Crippen molar-refractivity contribution in [2.45, 2.75) is 76.9 Å². The number of likely N-dealkylation sites (tertiary alicyclic amines) is 1. The van der Waals surface area contributed by atoms with Gasteiger partial charge in [0.2, 0.25) is 17.7 Å². The zero-order valence-electron chi connectivity index (χ0n) is 29.4. The van der Waals surface area contributed by atoms with E-state index in [0.29, 0.717) is 42.8 Å². The van der Waals surface area contributed by atoms with E-state index in [1.54, 1.807) is 31.5 Å². The summed E-state index contributed by atoms with van der Waals surface area (Å²) < 4.78 is 14.2. The number of benzene rings is 2. The summed E-state index contributed by atoms with van der Waals surface area (Å²) in [6.07, 6.45) is 4.85. The number of para-hydroxylation sites is 1. The number of hydrogen-bond acceptors (Lipinski definition) is 8. The number of nitrogens with zero attached hydrogens (tertiary/aromatic N) is 6. The molecule has 3 aliphatic heterocycles. The van der Waals surface area contributed by atoms with Crippen molar-refractivity contribution in [3.63, 3.8) is 0 Å². The molecule has 0 aliphatic carbocycles. The van der Waals surface area contributed by atoms with E-state index in [1.807, 2.05) is 76.2 Å². The normalized spacial score (nSPS) is 26.5. The number of carbonyl (C=O) groups excluding carboxylic acids is 3. The van der Waals surface area contributed by atoms with E-state index >= 15 is 4.79 Å². The van der Waals surface area contributed by atoms with Gasteiger partial charge in [-0.25, -0.2) is 4.68 Å². The molecule has 2 unspecified atom stereocenters. The van der Waals surface area contributed by atoms with Gasteiger partial charge in [-0.15, -0.1) is 18.3 Å². The Morgan fingerprint density at radius 1 is 1.10 bits per heavy atom. The third-order valence-electron chi connectivity index (χ3n) is 11.0. The number of carbonyl (C=O) groups is 3. The number of amides is 3. The molecule has 3 aliphatic rings. The molecule has 3 amide bonds. The van der Waals surface area contributed by atoms with E-state index in [0.717, 1.165) is 5.52 Å². The Hall–Kier alpha value is -4.55. The Bertz CT molecular complexity index is 1760. The number of fused-ring (bicyclic) bond motifs is 2. The fourth-order valence-electron chi connectivity index (χ4n) is 8.43. The smallest absolute Gasteiger partial charge is 0.250 e. The van der Waals surface area contributed by atoms with Crippen LogP contribution in [0.5, 0.6) is 5.75 Å². The summed E-state index contributed by atoms with van der Waals surface area (Å²) in [5.41, 5.74) is -0.199. The lowest BCUT2D eigenvalue weighted by molar-refractivity contribution is -0.157. The Labute approximate surface area is 293 Å². The van der Waals surface area contributed by atoms with Crippen LogP contribution in [0.15, 0.2) is 73.8 Å². The number of aliphatic hydroxyl groups is 1. The summed E-state index contributed by atoms with van der Waals surface area (Å²) in [7, 11) is 0. The molecule has 0 saturated carbocycles. The van der Waals surface area contributed by atoms with Crippen molar-refractivity contribution in [2.24, 2.45) is 17.8 Å². The van der Waals surface area contributed by atoms with E-state index in [2.05, 4.69) is 23.5 Å². The molecule has 2 bridgehead atoms. The highest BCUT2D eigenvalue weighted by Gasteiger charge is 2.79. The number of aliphatic hydroxyl groups excluding tert-OH is 1. The summed E-state index contributed by atoms with van der Waals surface area (Å²) in [5, 5.41) is 19.4. The highest BCUT2D eigenvalue weighted by atomic mass is 16.5. The summed E-state index contributed by atoms with van der Waals surface area (Å²) in [6.45, 7) is 16.2. The Kier molecular flexibility index (Phi) is 9.87. The molecule has 3 fully saturated rings. The summed E-state index contributed by atoms with van der Waals surface area (Å²) in [6, 6.07) is 13.0. The zero-order chi connectivity index (χ0) is 35.8. The van der Waals surface area contributed by atoms with E-state index in [-0.39, 0.29) is 50.0 Å². The van der Waals surface area contributed by atoms with Crippen LogP contribution in [0.25, 0.3) is 11.0 Å². The molecule has 6 rings (SSSR count). The molecule has 50 heavy (non-hydrogen) atoms. The average molecular weight is 685 g/mol. The largest absolute Gasteiger partial charge is 0.494 e. The maximum absolute atomic E-state index is 15.1. The first-order chi connectivity index (χ1) is 24.1. The standard InChI is InChI=1S/C38H48N6O6/c1-7-21-41(24-43-29-14-12-11-13-28(29)39-40-43)36(48)33-38-20-19-37(6,50-38)31(32(38)35(47)44(33)30(23-45)25(5)9-3)34(46)42(22-8-2)26-15-17-27(18-16-26)49-10-4/h7-8,11-18,25,30-33,45H,1-2,9-10,19-24H2,3-6H3/t25-,30-,31+,32-,33?,37-,38?/m0/s1. The summed E-state index contributed by atoms with van der Waals surface area (Å²) >= 11 is 0. The predicted molar refractivity (Wildman–Crippen MR) is 189 cm³/mol. The van der Waals surface area contributed by atoms with Gasteiger partial charge < -0.3 is 29.3 Å². The molecule has 1 aromatic heterocycles. The van der Waals surface area contributed by atoms with Gasteiger partial charge in [0.1, 0.15) is 29.6 Å². The molecule has 3 saturated heterocycles. The van der Waals surface area contributed by atoms with Crippen LogP contribution >= 0.6 is 0 Å². The van der Waals surface area contributed by atoms with E-state index in [9.17, 15) is 14.7 Å². The van der Waals surface area contributed by atoms with Crippen LogP contribution in [-0.2, 0) is 25.8 Å². The minimum Gasteiger partial charge on any atom is -0.494 e. The average Bonchev–Trinajstić information content (AvgIpc) is 3.83. The number of rotatable bonds is 15. The van der Waals surface area contributed by atoms with Crippen molar-refractivity contribution in [2.75, 3.05) is 31.2 Å². The van der Waals surface area contributed by atoms with Crippen molar-refractivity contribution in [3.8, 4) is 5.75 Å². The molecule has 1 spiro atoms. The van der Waals surface area contributed by atoms with Gasteiger partial charge in [0.25, 0.3) is 0 Å².